The smallest absolute Gasteiger partial charge is 0.263 e. The molecule has 1 aliphatic heterocycles. The van der Waals surface area contributed by atoms with Crippen molar-refractivity contribution in [1.29, 1.82) is 0 Å². The normalized spacial score (nSPS) is 15.9. The number of furan rings is 1. The highest BCUT2D eigenvalue weighted by molar-refractivity contribution is 7.21. The number of carbonyl (C=O) groups excluding carboxylic acids is 2. The van der Waals surface area contributed by atoms with Crippen molar-refractivity contribution < 1.29 is 14.0 Å². The summed E-state index contributed by atoms with van der Waals surface area (Å²) in [4.78, 5) is 24.9. The van der Waals surface area contributed by atoms with Crippen molar-refractivity contribution in [2.75, 3.05) is 17.2 Å². The molecule has 0 fully saturated rings. The number of amides is 2. The first-order chi connectivity index (χ1) is 14.5. The first-order valence-corrected chi connectivity index (χ1v) is 10.4. The van der Waals surface area contributed by atoms with Gasteiger partial charge in [0, 0.05) is 33.6 Å². The highest BCUT2D eigenvalue weighted by Gasteiger charge is 2.24. The van der Waals surface area contributed by atoms with Crippen LogP contribution >= 0.6 is 11.3 Å². The molecule has 6 nitrogen and oxygen atoms in total. The predicted octanol–water partition coefficient (Wildman–Crippen LogP) is 4.98. The molecule has 5 rings (SSSR count). The van der Waals surface area contributed by atoms with Crippen LogP contribution in [0.5, 0.6) is 0 Å². The van der Waals surface area contributed by atoms with Crippen molar-refractivity contribution in [1.82, 2.24) is 5.32 Å². The SMILES string of the molecule is C=CC(=O)Nc1cccc2oc(-c3ccc4sc5c(c4c3)NC[C@@H](C)NC5=O)cc12. The Morgan fingerprint density at radius 2 is 2.13 bits per heavy atom. The third-order valence-corrected chi connectivity index (χ3v) is 6.32. The first-order valence-electron chi connectivity index (χ1n) is 9.61. The van der Waals surface area contributed by atoms with Gasteiger partial charge in [-0.2, -0.15) is 0 Å². The maximum Gasteiger partial charge on any atom is 0.263 e. The first kappa shape index (κ1) is 18.4. The molecular weight excluding hydrogens is 398 g/mol. The van der Waals surface area contributed by atoms with Crippen LogP contribution in [0.4, 0.5) is 11.4 Å². The number of carbonyl (C=O) groups is 2. The van der Waals surface area contributed by atoms with Gasteiger partial charge in [0.25, 0.3) is 5.91 Å². The number of fused-ring (bicyclic) bond motifs is 4. The Morgan fingerprint density at radius 1 is 1.27 bits per heavy atom. The summed E-state index contributed by atoms with van der Waals surface area (Å²) in [6, 6.07) is 13.5. The molecule has 0 aliphatic carbocycles. The molecule has 0 radical (unpaired) electrons. The molecule has 1 atom stereocenters. The van der Waals surface area contributed by atoms with E-state index in [1.807, 2.05) is 49.4 Å². The molecule has 7 heteroatoms. The van der Waals surface area contributed by atoms with E-state index in [-0.39, 0.29) is 17.9 Å². The largest absolute Gasteiger partial charge is 0.456 e. The van der Waals surface area contributed by atoms with Crippen molar-refractivity contribution in [2.45, 2.75) is 13.0 Å². The highest BCUT2D eigenvalue weighted by Crippen LogP contribution is 2.40. The van der Waals surface area contributed by atoms with Crippen LogP contribution in [0.1, 0.15) is 16.6 Å². The van der Waals surface area contributed by atoms with Gasteiger partial charge in [-0.05, 0) is 49.4 Å². The van der Waals surface area contributed by atoms with Crippen LogP contribution in [0, 0.1) is 0 Å². The molecule has 2 amide bonds. The van der Waals surface area contributed by atoms with Gasteiger partial charge in [-0.3, -0.25) is 9.59 Å². The second-order valence-corrected chi connectivity index (χ2v) is 8.35. The zero-order valence-corrected chi connectivity index (χ0v) is 17.1. The van der Waals surface area contributed by atoms with Crippen LogP contribution < -0.4 is 16.0 Å². The highest BCUT2D eigenvalue weighted by atomic mass is 32.1. The zero-order valence-electron chi connectivity index (χ0n) is 16.2. The van der Waals surface area contributed by atoms with Crippen LogP contribution in [0.2, 0.25) is 0 Å². The number of nitrogens with one attached hydrogen (secondary N) is 3. The van der Waals surface area contributed by atoms with Crippen LogP contribution in [0.15, 0.2) is 59.5 Å². The molecule has 0 saturated carbocycles. The maximum absolute atomic E-state index is 12.5. The molecule has 0 spiro atoms. The minimum Gasteiger partial charge on any atom is -0.456 e. The molecule has 1 aliphatic rings. The number of anilines is 2. The summed E-state index contributed by atoms with van der Waals surface area (Å²) in [5.41, 5.74) is 3.13. The van der Waals surface area contributed by atoms with Crippen LogP contribution in [0.3, 0.4) is 0 Å². The molecule has 0 bridgehead atoms. The number of rotatable bonds is 3. The Hall–Kier alpha value is -3.58. The fourth-order valence-corrected chi connectivity index (χ4v) is 4.74. The Morgan fingerprint density at radius 3 is 2.97 bits per heavy atom. The van der Waals surface area contributed by atoms with Gasteiger partial charge < -0.3 is 20.4 Å². The zero-order chi connectivity index (χ0) is 20.8. The van der Waals surface area contributed by atoms with E-state index in [9.17, 15) is 9.59 Å². The van der Waals surface area contributed by atoms with E-state index in [0.717, 1.165) is 26.7 Å². The summed E-state index contributed by atoms with van der Waals surface area (Å²) in [6.07, 6.45) is 1.24. The van der Waals surface area contributed by atoms with Crippen LogP contribution in [0.25, 0.3) is 32.4 Å². The monoisotopic (exact) mass is 417 g/mol. The van der Waals surface area contributed by atoms with Gasteiger partial charge in [-0.15, -0.1) is 11.3 Å². The molecule has 30 heavy (non-hydrogen) atoms. The lowest BCUT2D eigenvalue weighted by atomic mass is 10.1. The van der Waals surface area contributed by atoms with Crippen molar-refractivity contribution in [2.24, 2.45) is 0 Å². The van der Waals surface area contributed by atoms with Crippen LogP contribution in [-0.2, 0) is 4.79 Å². The van der Waals surface area contributed by atoms with E-state index in [1.165, 1.54) is 17.4 Å². The summed E-state index contributed by atoms with van der Waals surface area (Å²) in [5, 5.41) is 11.0. The minimum atomic E-state index is -0.272. The van der Waals surface area contributed by atoms with Gasteiger partial charge in [0.1, 0.15) is 16.2 Å². The van der Waals surface area contributed by atoms with Crippen molar-refractivity contribution in [3.8, 4) is 11.3 Å². The van der Waals surface area contributed by atoms with Gasteiger partial charge in [0.2, 0.25) is 5.91 Å². The lowest BCUT2D eigenvalue weighted by Crippen LogP contribution is -2.34. The fraction of sp³-hybridized carbons (Fsp3) is 0.130. The molecule has 4 aromatic rings. The van der Waals surface area contributed by atoms with E-state index in [0.29, 0.717) is 28.5 Å². The van der Waals surface area contributed by atoms with Gasteiger partial charge in [-0.1, -0.05) is 12.6 Å². The molecule has 2 aromatic carbocycles. The second kappa shape index (κ2) is 7.03. The summed E-state index contributed by atoms with van der Waals surface area (Å²) < 4.78 is 7.11. The fourth-order valence-electron chi connectivity index (χ4n) is 3.68. The standard InChI is InChI=1S/C23H19N3O3S/c1-3-20(27)26-16-5-4-6-17-14(16)10-18(29-17)13-7-8-19-15(9-13)21-22(30-19)23(28)25-12(2)11-24-21/h3-10,12,24H,1,11H2,2H3,(H,25,28)(H,26,27)/t12-/m1/s1. The summed E-state index contributed by atoms with van der Waals surface area (Å²) >= 11 is 1.48. The quantitative estimate of drug-likeness (QED) is 0.411. The lowest BCUT2D eigenvalue weighted by Gasteiger charge is -2.09. The number of benzene rings is 2. The third kappa shape index (κ3) is 3.04. The number of hydrogen-bond acceptors (Lipinski definition) is 5. The maximum atomic E-state index is 12.5. The van der Waals surface area contributed by atoms with Gasteiger partial charge in [0.15, 0.2) is 0 Å². The van der Waals surface area contributed by atoms with Crippen molar-refractivity contribution >= 4 is 55.6 Å². The molecule has 0 unspecified atom stereocenters. The van der Waals surface area contributed by atoms with E-state index in [4.69, 9.17) is 4.42 Å². The average Bonchev–Trinajstić information content (AvgIpc) is 3.30. The predicted molar refractivity (Wildman–Crippen MR) is 121 cm³/mol. The Kier molecular flexibility index (Phi) is 4.33. The number of thiophene rings is 1. The van der Waals surface area contributed by atoms with E-state index < -0.39 is 0 Å². The molecule has 0 saturated heterocycles. The van der Waals surface area contributed by atoms with Gasteiger partial charge in [-0.25, -0.2) is 0 Å². The van der Waals surface area contributed by atoms with E-state index >= 15 is 0 Å². The van der Waals surface area contributed by atoms with Gasteiger partial charge in [0.05, 0.1) is 11.4 Å². The second-order valence-electron chi connectivity index (χ2n) is 7.29. The Bertz CT molecular complexity index is 1330. The molecule has 150 valence electrons. The summed E-state index contributed by atoms with van der Waals surface area (Å²) in [6.45, 7) is 6.15. The minimum absolute atomic E-state index is 0.0448. The summed E-state index contributed by atoms with van der Waals surface area (Å²) in [5.74, 6) is 0.376. The molecule has 3 N–H and O–H groups in total. The molecule has 2 aromatic heterocycles. The lowest BCUT2D eigenvalue weighted by molar-refractivity contribution is -0.111. The Labute approximate surface area is 176 Å². The molecular formula is C23H19N3O3S. The topological polar surface area (TPSA) is 83.4 Å². The van der Waals surface area contributed by atoms with E-state index in [2.05, 4.69) is 22.5 Å². The number of hydrogen-bond donors (Lipinski definition) is 3. The van der Waals surface area contributed by atoms with Gasteiger partial charge >= 0.3 is 0 Å². The van der Waals surface area contributed by atoms with Crippen molar-refractivity contribution in [3.05, 3.63) is 60.0 Å². The van der Waals surface area contributed by atoms with Crippen LogP contribution in [-0.4, -0.2) is 24.4 Å². The Balaban J connectivity index is 1.61. The molecule has 3 heterocycles. The van der Waals surface area contributed by atoms with E-state index in [1.54, 1.807) is 0 Å². The third-order valence-electron chi connectivity index (χ3n) is 5.15. The van der Waals surface area contributed by atoms with Crippen molar-refractivity contribution in [3.63, 3.8) is 0 Å². The summed E-state index contributed by atoms with van der Waals surface area (Å²) in [7, 11) is 0. The average molecular weight is 417 g/mol.